The van der Waals surface area contributed by atoms with Crippen molar-refractivity contribution in [2.75, 3.05) is 0 Å². The Labute approximate surface area is 131 Å². The maximum Gasteiger partial charge on any atom is 0.338 e. The van der Waals surface area contributed by atoms with Gasteiger partial charge in [0.05, 0.1) is 5.56 Å². The number of benzene rings is 1. The minimum absolute atomic E-state index is 0.183. The van der Waals surface area contributed by atoms with Crippen LogP contribution < -0.4 is 4.72 Å². The molecule has 1 aromatic rings. The molecule has 0 aliphatic rings. The number of hydrogen-bond acceptors (Lipinski definition) is 3. The summed E-state index contributed by atoms with van der Waals surface area (Å²) in [5.74, 6) is -2.79. The van der Waals surface area contributed by atoms with Gasteiger partial charge in [-0.25, -0.2) is 22.3 Å². The Morgan fingerprint density at radius 2 is 2.10 bits per heavy atom. The summed E-state index contributed by atoms with van der Waals surface area (Å²) in [7, 11) is -4.12. The minimum Gasteiger partial charge on any atom is -0.478 e. The highest BCUT2D eigenvalue weighted by Crippen LogP contribution is 2.24. The van der Waals surface area contributed by atoms with Gasteiger partial charge < -0.3 is 5.11 Å². The van der Waals surface area contributed by atoms with Crippen LogP contribution in [-0.2, 0) is 10.0 Å². The zero-order valence-corrected chi connectivity index (χ0v) is 14.1. The summed E-state index contributed by atoms with van der Waals surface area (Å²) in [4.78, 5) is 10.3. The molecule has 118 valence electrons. The van der Waals surface area contributed by atoms with Crippen LogP contribution in [0.1, 0.15) is 43.5 Å². The topological polar surface area (TPSA) is 83.5 Å². The van der Waals surface area contributed by atoms with Crippen LogP contribution in [0.2, 0.25) is 0 Å². The third-order valence-electron chi connectivity index (χ3n) is 2.87. The minimum atomic E-state index is -4.12. The molecule has 0 spiro atoms. The molecule has 1 atom stereocenters. The summed E-state index contributed by atoms with van der Waals surface area (Å²) in [5.41, 5.74) is -0.689. The molecule has 0 aliphatic carbocycles. The van der Waals surface area contributed by atoms with E-state index in [-0.39, 0.29) is 10.5 Å². The van der Waals surface area contributed by atoms with Crippen LogP contribution in [0.15, 0.2) is 21.5 Å². The molecule has 8 heteroatoms. The molecular weight excluding hydrogens is 365 g/mol. The lowest BCUT2D eigenvalue weighted by Gasteiger charge is -2.15. The van der Waals surface area contributed by atoms with Crippen molar-refractivity contribution in [1.82, 2.24) is 4.72 Å². The lowest BCUT2D eigenvalue weighted by molar-refractivity contribution is 0.0691. The number of unbranched alkanes of at least 4 members (excludes halogenated alkanes) is 1. The van der Waals surface area contributed by atoms with Crippen LogP contribution in [0, 0.1) is 5.82 Å². The normalized spacial score (nSPS) is 13.1. The van der Waals surface area contributed by atoms with Crippen LogP contribution >= 0.6 is 15.9 Å². The van der Waals surface area contributed by atoms with Crippen molar-refractivity contribution < 1.29 is 22.7 Å². The summed E-state index contributed by atoms with van der Waals surface area (Å²) in [6.07, 6.45) is 2.38. The highest BCUT2D eigenvalue weighted by atomic mass is 79.9. The number of carboxylic acid groups (broad SMARTS) is 1. The SMILES string of the molecule is CCCCC(C)NS(=O)(=O)c1cc(Br)cc(C(=O)O)c1F. The van der Waals surface area contributed by atoms with E-state index in [1.54, 1.807) is 6.92 Å². The molecule has 0 amide bonds. The lowest BCUT2D eigenvalue weighted by Crippen LogP contribution is -2.33. The molecule has 1 rings (SSSR count). The van der Waals surface area contributed by atoms with Crippen LogP contribution in [-0.4, -0.2) is 25.5 Å². The van der Waals surface area contributed by atoms with Crippen molar-refractivity contribution in [1.29, 1.82) is 0 Å². The van der Waals surface area contributed by atoms with Gasteiger partial charge in [-0.2, -0.15) is 0 Å². The number of sulfonamides is 1. The van der Waals surface area contributed by atoms with Gasteiger partial charge in [-0.05, 0) is 25.5 Å². The molecule has 21 heavy (non-hydrogen) atoms. The third-order valence-corrected chi connectivity index (χ3v) is 4.92. The first-order valence-corrected chi connectivity index (χ1v) is 8.71. The molecule has 0 aliphatic heterocycles. The van der Waals surface area contributed by atoms with E-state index in [4.69, 9.17) is 5.11 Å². The van der Waals surface area contributed by atoms with E-state index in [9.17, 15) is 17.6 Å². The largest absolute Gasteiger partial charge is 0.478 e. The van der Waals surface area contributed by atoms with Gasteiger partial charge in [0.2, 0.25) is 10.0 Å². The highest BCUT2D eigenvalue weighted by Gasteiger charge is 2.26. The standard InChI is InChI=1S/C13H17BrFNO4S/c1-3-4-5-8(2)16-21(19,20)11-7-9(14)6-10(12(11)15)13(17)18/h6-8,16H,3-5H2,1-2H3,(H,17,18). The van der Waals surface area contributed by atoms with Gasteiger partial charge in [0.25, 0.3) is 0 Å². The predicted molar refractivity (Wildman–Crippen MR) is 80.4 cm³/mol. The number of carboxylic acids is 1. The molecule has 2 N–H and O–H groups in total. The molecule has 0 aromatic heterocycles. The predicted octanol–water partition coefficient (Wildman–Crippen LogP) is 3.14. The van der Waals surface area contributed by atoms with E-state index < -0.39 is 32.3 Å². The Balaban J connectivity index is 3.17. The smallest absolute Gasteiger partial charge is 0.338 e. The van der Waals surface area contributed by atoms with Crippen molar-refractivity contribution in [3.05, 3.63) is 28.0 Å². The number of carbonyl (C=O) groups is 1. The van der Waals surface area contributed by atoms with Gasteiger partial charge in [-0.3, -0.25) is 0 Å². The average molecular weight is 382 g/mol. The number of hydrogen-bond donors (Lipinski definition) is 2. The number of halogens is 2. The van der Waals surface area contributed by atoms with Crippen LogP contribution in [0.25, 0.3) is 0 Å². The summed E-state index contributed by atoms with van der Waals surface area (Å²) in [6, 6.07) is 1.72. The summed E-state index contributed by atoms with van der Waals surface area (Å²) in [6.45, 7) is 3.66. The van der Waals surface area contributed by atoms with Gasteiger partial charge in [0.1, 0.15) is 4.90 Å². The van der Waals surface area contributed by atoms with E-state index in [1.165, 1.54) is 0 Å². The van der Waals surface area contributed by atoms with Gasteiger partial charge in [-0.1, -0.05) is 35.7 Å². The fraction of sp³-hybridized carbons (Fsp3) is 0.462. The first-order chi connectivity index (χ1) is 9.69. The van der Waals surface area contributed by atoms with Crippen LogP contribution in [0.3, 0.4) is 0 Å². The second-order valence-electron chi connectivity index (χ2n) is 4.74. The zero-order chi connectivity index (χ0) is 16.2. The third kappa shape index (κ3) is 4.76. The van der Waals surface area contributed by atoms with E-state index in [2.05, 4.69) is 20.7 Å². The molecule has 1 unspecified atom stereocenters. The fourth-order valence-corrected chi connectivity index (χ4v) is 3.82. The molecule has 0 fully saturated rings. The Kier molecular flexibility index (Phi) is 6.30. The Bertz CT molecular complexity index is 633. The van der Waals surface area contributed by atoms with Crippen LogP contribution in [0.5, 0.6) is 0 Å². The average Bonchev–Trinajstić information content (AvgIpc) is 2.37. The summed E-state index contributed by atoms with van der Waals surface area (Å²) >= 11 is 2.99. The molecule has 0 radical (unpaired) electrons. The van der Waals surface area contributed by atoms with Crippen molar-refractivity contribution in [2.45, 2.75) is 44.0 Å². The maximum absolute atomic E-state index is 14.1. The van der Waals surface area contributed by atoms with Crippen LogP contribution in [0.4, 0.5) is 4.39 Å². The van der Waals surface area contributed by atoms with Gasteiger partial charge in [0.15, 0.2) is 5.82 Å². The second-order valence-corrected chi connectivity index (χ2v) is 7.33. The molecule has 0 bridgehead atoms. The number of nitrogens with one attached hydrogen (secondary N) is 1. The lowest BCUT2D eigenvalue weighted by atomic mass is 10.2. The van der Waals surface area contributed by atoms with Crippen molar-refractivity contribution >= 4 is 31.9 Å². The summed E-state index contributed by atoms with van der Waals surface area (Å²) < 4.78 is 41.0. The van der Waals surface area contributed by atoms with Crippen molar-refractivity contribution in [3.8, 4) is 0 Å². The molecule has 0 saturated heterocycles. The van der Waals surface area contributed by atoms with Gasteiger partial charge >= 0.3 is 5.97 Å². The quantitative estimate of drug-likeness (QED) is 0.759. The van der Waals surface area contributed by atoms with Crippen molar-refractivity contribution in [3.63, 3.8) is 0 Å². The Morgan fingerprint density at radius 1 is 1.48 bits per heavy atom. The maximum atomic E-state index is 14.1. The Morgan fingerprint density at radius 3 is 2.62 bits per heavy atom. The fourth-order valence-electron chi connectivity index (χ4n) is 1.81. The van der Waals surface area contributed by atoms with Crippen molar-refractivity contribution in [2.24, 2.45) is 0 Å². The summed E-state index contributed by atoms with van der Waals surface area (Å²) in [5, 5.41) is 8.90. The first-order valence-electron chi connectivity index (χ1n) is 6.43. The van der Waals surface area contributed by atoms with E-state index in [0.29, 0.717) is 6.42 Å². The first kappa shape index (κ1) is 18.1. The zero-order valence-electron chi connectivity index (χ0n) is 11.7. The molecule has 1 aromatic carbocycles. The number of aromatic carboxylic acids is 1. The second kappa shape index (κ2) is 7.33. The van der Waals surface area contributed by atoms with Gasteiger partial charge in [-0.15, -0.1) is 0 Å². The highest BCUT2D eigenvalue weighted by molar-refractivity contribution is 9.10. The monoisotopic (exact) mass is 381 g/mol. The molecule has 0 saturated carbocycles. The van der Waals surface area contributed by atoms with Gasteiger partial charge in [0, 0.05) is 10.5 Å². The van der Waals surface area contributed by atoms with E-state index in [0.717, 1.165) is 25.0 Å². The molecular formula is C13H17BrFNO4S. The molecule has 0 heterocycles. The molecule has 5 nitrogen and oxygen atoms in total. The van der Waals surface area contributed by atoms with E-state index in [1.807, 2.05) is 6.92 Å². The van der Waals surface area contributed by atoms with E-state index >= 15 is 0 Å². The number of rotatable bonds is 7. The Hall–Kier alpha value is -0.990.